The van der Waals surface area contributed by atoms with Crippen molar-refractivity contribution in [2.75, 3.05) is 7.05 Å². The van der Waals surface area contributed by atoms with E-state index < -0.39 is 17.5 Å². The molecule has 1 amide bonds. The average molecular weight is 285 g/mol. The highest BCUT2D eigenvalue weighted by Crippen LogP contribution is 2.37. The molecule has 1 heterocycles. The first-order valence-corrected chi connectivity index (χ1v) is 6.35. The van der Waals surface area contributed by atoms with E-state index in [0.717, 1.165) is 0 Å². The van der Waals surface area contributed by atoms with Crippen LogP contribution in [0.3, 0.4) is 0 Å². The molecule has 0 saturated heterocycles. The van der Waals surface area contributed by atoms with Gasteiger partial charge in [0.2, 0.25) is 0 Å². The summed E-state index contributed by atoms with van der Waals surface area (Å²) in [6, 6.07) is 11.6. The van der Waals surface area contributed by atoms with Crippen LogP contribution in [-0.4, -0.2) is 18.1 Å². The average Bonchev–Trinajstić information content (AvgIpc) is 2.91. The molecule has 3 aromatic rings. The fourth-order valence-corrected chi connectivity index (χ4v) is 2.27. The second-order valence-electron chi connectivity index (χ2n) is 4.52. The van der Waals surface area contributed by atoms with Crippen LogP contribution in [0, 0.1) is 5.82 Å². The van der Waals surface area contributed by atoms with Gasteiger partial charge in [0.05, 0.1) is 10.9 Å². The van der Waals surface area contributed by atoms with Gasteiger partial charge in [0, 0.05) is 12.6 Å². The van der Waals surface area contributed by atoms with Crippen LogP contribution in [0.25, 0.3) is 22.3 Å². The maximum atomic E-state index is 14.2. The van der Waals surface area contributed by atoms with Crippen LogP contribution in [-0.2, 0) is 0 Å². The van der Waals surface area contributed by atoms with Crippen molar-refractivity contribution >= 4 is 16.9 Å². The van der Waals surface area contributed by atoms with Gasteiger partial charge in [0.1, 0.15) is 11.3 Å². The standard InChI is InChI=1S/C16H12FNO3/c1-18-16(20)13-12-11(8-7-10(19)14(12)17)21-15(13)9-5-3-2-4-6-9/h2-8,19H,1H3,(H,18,20). The number of rotatable bonds is 2. The number of aromatic hydroxyl groups is 1. The minimum absolute atomic E-state index is 0.0202. The number of furan rings is 1. The molecule has 0 bridgehead atoms. The maximum Gasteiger partial charge on any atom is 0.255 e. The molecular formula is C16H12FNO3. The molecule has 106 valence electrons. The topological polar surface area (TPSA) is 62.5 Å². The van der Waals surface area contributed by atoms with Gasteiger partial charge in [-0.3, -0.25) is 4.79 Å². The summed E-state index contributed by atoms with van der Waals surface area (Å²) in [5, 5.41) is 12.0. The number of carbonyl (C=O) groups is 1. The molecule has 2 aromatic carbocycles. The highest BCUT2D eigenvalue weighted by molar-refractivity contribution is 6.11. The Hall–Kier alpha value is -2.82. The molecule has 5 heteroatoms. The monoisotopic (exact) mass is 285 g/mol. The van der Waals surface area contributed by atoms with Crippen molar-refractivity contribution < 1.29 is 18.7 Å². The van der Waals surface area contributed by atoms with E-state index in [9.17, 15) is 14.3 Å². The van der Waals surface area contributed by atoms with Gasteiger partial charge in [-0.25, -0.2) is 4.39 Å². The highest BCUT2D eigenvalue weighted by Gasteiger charge is 2.25. The van der Waals surface area contributed by atoms with Crippen LogP contribution in [0.1, 0.15) is 10.4 Å². The Morgan fingerprint density at radius 3 is 2.57 bits per heavy atom. The molecule has 0 spiro atoms. The third kappa shape index (κ3) is 2.03. The number of amides is 1. The summed E-state index contributed by atoms with van der Waals surface area (Å²) in [6.45, 7) is 0. The second-order valence-corrected chi connectivity index (χ2v) is 4.52. The predicted molar refractivity (Wildman–Crippen MR) is 76.7 cm³/mol. The van der Waals surface area contributed by atoms with Gasteiger partial charge in [0.25, 0.3) is 5.91 Å². The minimum atomic E-state index is -0.864. The Balaban J connectivity index is 2.40. The first-order chi connectivity index (χ1) is 10.1. The lowest BCUT2D eigenvalue weighted by atomic mass is 10.0. The summed E-state index contributed by atoms with van der Waals surface area (Å²) in [5.41, 5.74) is 0.945. The van der Waals surface area contributed by atoms with E-state index in [1.54, 1.807) is 24.3 Å². The molecule has 0 saturated carbocycles. The Morgan fingerprint density at radius 2 is 1.90 bits per heavy atom. The third-order valence-corrected chi connectivity index (χ3v) is 3.26. The van der Waals surface area contributed by atoms with E-state index in [0.29, 0.717) is 5.56 Å². The predicted octanol–water partition coefficient (Wildman–Crippen LogP) is 3.30. The first kappa shape index (κ1) is 13.2. The van der Waals surface area contributed by atoms with Crippen LogP contribution in [0.4, 0.5) is 4.39 Å². The van der Waals surface area contributed by atoms with Crippen molar-refractivity contribution in [2.24, 2.45) is 0 Å². The van der Waals surface area contributed by atoms with Crippen LogP contribution in [0.2, 0.25) is 0 Å². The number of fused-ring (bicyclic) bond motifs is 1. The quantitative estimate of drug-likeness (QED) is 0.759. The Labute approximate surface area is 119 Å². The van der Waals surface area contributed by atoms with Crippen molar-refractivity contribution in [3.8, 4) is 17.1 Å². The number of phenolic OH excluding ortho intramolecular Hbond substituents is 1. The first-order valence-electron chi connectivity index (χ1n) is 6.35. The van der Waals surface area contributed by atoms with Crippen LogP contribution in [0.15, 0.2) is 46.9 Å². The van der Waals surface area contributed by atoms with Crippen molar-refractivity contribution in [2.45, 2.75) is 0 Å². The molecule has 2 N–H and O–H groups in total. The Morgan fingerprint density at radius 1 is 1.19 bits per heavy atom. The van der Waals surface area contributed by atoms with E-state index in [1.807, 2.05) is 6.07 Å². The smallest absolute Gasteiger partial charge is 0.255 e. The molecule has 0 unspecified atom stereocenters. The molecule has 0 atom stereocenters. The van der Waals surface area contributed by atoms with Gasteiger partial charge in [-0.1, -0.05) is 30.3 Å². The van der Waals surface area contributed by atoms with Crippen molar-refractivity contribution in [3.05, 3.63) is 53.8 Å². The molecule has 0 aliphatic carbocycles. The maximum absolute atomic E-state index is 14.2. The molecular weight excluding hydrogens is 273 g/mol. The zero-order valence-corrected chi connectivity index (χ0v) is 11.2. The zero-order valence-electron chi connectivity index (χ0n) is 11.2. The van der Waals surface area contributed by atoms with E-state index in [-0.39, 0.29) is 22.3 Å². The summed E-state index contributed by atoms with van der Waals surface area (Å²) >= 11 is 0. The van der Waals surface area contributed by atoms with Gasteiger partial charge >= 0.3 is 0 Å². The van der Waals surface area contributed by atoms with E-state index in [1.165, 1.54) is 19.2 Å². The van der Waals surface area contributed by atoms with Gasteiger partial charge in [-0.15, -0.1) is 0 Å². The lowest BCUT2D eigenvalue weighted by Gasteiger charge is -2.02. The number of hydrogen-bond acceptors (Lipinski definition) is 3. The SMILES string of the molecule is CNC(=O)c1c(-c2ccccc2)oc2ccc(O)c(F)c12. The number of halogens is 1. The molecule has 21 heavy (non-hydrogen) atoms. The van der Waals surface area contributed by atoms with Crippen LogP contribution in [0.5, 0.6) is 5.75 Å². The number of nitrogens with one attached hydrogen (secondary N) is 1. The Bertz CT molecular complexity index is 824. The molecule has 0 radical (unpaired) electrons. The summed E-state index contributed by atoms with van der Waals surface area (Å²) in [5.74, 6) is -1.59. The van der Waals surface area contributed by atoms with Gasteiger partial charge in [-0.05, 0) is 12.1 Å². The normalized spacial score (nSPS) is 10.8. The lowest BCUT2D eigenvalue weighted by molar-refractivity contribution is 0.0964. The largest absolute Gasteiger partial charge is 0.505 e. The van der Waals surface area contributed by atoms with Crippen molar-refractivity contribution in [1.29, 1.82) is 0 Å². The van der Waals surface area contributed by atoms with Gasteiger partial charge < -0.3 is 14.8 Å². The Kier molecular flexibility index (Phi) is 3.10. The molecule has 0 aliphatic rings. The number of carbonyl (C=O) groups excluding carboxylic acids is 1. The molecule has 3 rings (SSSR count). The van der Waals surface area contributed by atoms with Gasteiger partial charge in [-0.2, -0.15) is 0 Å². The van der Waals surface area contributed by atoms with Crippen molar-refractivity contribution in [3.63, 3.8) is 0 Å². The van der Waals surface area contributed by atoms with E-state index in [2.05, 4.69) is 5.32 Å². The minimum Gasteiger partial charge on any atom is -0.505 e. The molecule has 4 nitrogen and oxygen atoms in total. The molecule has 0 fully saturated rings. The summed E-state index contributed by atoms with van der Waals surface area (Å²) in [6.07, 6.45) is 0. The fourth-order valence-electron chi connectivity index (χ4n) is 2.27. The van der Waals surface area contributed by atoms with Gasteiger partial charge in [0.15, 0.2) is 11.6 Å². The fraction of sp³-hybridized carbons (Fsp3) is 0.0625. The molecule has 0 aliphatic heterocycles. The van der Waals surface area contributed by atoms with Crippen LogP contribution < -0.4 is 5.32 Å². The summed E-state index contributed by atoms with van der Waals surface area (Å²) in [7, 11) is 1.46. The number of hydrogen-bond donors (Lipinski definition) is 2. The summed E-state index contributed by atoms with van der Waals surface area (Å²) < 4.78 is 19.8. The number of phenols is 1. The lowest BCUT2D eigenvalue weighted by Crippen LogP contribution is -2.18. The van der Waals surface area contributed by atoms with E-state index in [4.69, 9.17) is 4.42 Å². The molecule has 1 aromatic heterocycles. The van der Waals surface area contributed by atoms with Crippen molar-refractivity contribution in [1.82, 2.24) is 5.32 Å². The van der Waals surface area contributed by atoms with E-state index >= 15 is 0 Å². The summed E-state index contributed by atoms with van der Waals surface area (Å²) in [4.78, 5) is 12.1. The second kappa shape index (κ2) is 4.94. The highest BCUT2D eigenvalue weighted by atomic mass is 19.1. The van der Waals surface area contributed by atoms with Crippen LogP contribution >= 0.6 is 0 Å². The third-order valence-electron chi connectivity index (χ3n) is 3.26. The zero-order chi connectivity index (χ0) is 15.0. The number of benzene rings is 2.